The van der Waals surface area contributed by atoms with Gasteiger partial charge in [-0.3, -0.25) is 4.79 Å². The molecule has 0 heterocycles. The van der Waals surface area contributed by atoms with Gasteiger partial charge in [0, 0.05) is 5.92 Å². The number of carbonyl (C=O) groups is 2. The van der Waals surface area contributed by atoms with Crippen LogP contribution in [0.4, 0.5) is 0 Å². The molecule has 0 fully saturated rings. The van der Waals surface area contributed by atoms with E-state index < -0.39 is 11.8 Å². The van der Waals surface area contributed by atoms with Crippen LogP contribution in [0, 0.1) is 23.7 Å². The smallest absolute Gasteiger partial charge is 0.372 e. The zero-order valence-corrected chi connectivity index (χ0v) is 15.9. The second-order valence-corrected chi connectivity index (χ2v) is 7.97. The monoisotopic (exact) mass is 326 g/mol. The van der Waals surface area contributed by atoms with Crippen LogP contribution in [0.1, 0.15) is 92.4 Å². The lowest BCUT2D eigenvalue weighted by Crippen LogP contribution is -2.21. The number of ketones is 1. The number of carbonyl (C=O) groups excluding carboxylic acids is 1. The van der Waals surface area contributed by atoms with Crippen molar-refractivity contribution < 1.29 is 14.7 Å². The molecule has 0 saturated heterocycles. The van der Waals surface area contributed by atoms with E-state index in [1.807, 2.05) is 0 Å². The molecule has 0 radical (unpaired) electrons. The third-order valence-corrected chi connectivity index (χ3v) is 4.86. The summed E-state index contributed by atoms with van der Waals surface area (Å²) in [6.07, 6.45) is 10.6. The Hall–Kier alpha value is -0.860. The molecule has 3 atom stereocenters. The van der Waals surface area contributed by atoms with Crippen molar-refractivity contribution in [2.75, 3.05) is 0 Å². The number of carboxylic acids is 1. The number of aliphatic carboxylic acids is 1. The minimum absolute atomic E-state index is 0.347. The van der Waals surface area contributed by atoms with Gasteiger partial charge in [0.2, 0.25) is 5.78 Å². The van der Waals surface area contributed by atoms with Crippen LogP contribution in [0.5, 0.6) is 0 Å². The summed E-state index contributed by atoms with van der Waals surface area (Å²) >= 11 is 0. The standard InChI is InChI=1S/C20H38O3/c1-15(2)9-6-10-16(3)11-7-12-17(4)13-8-14-18(5)19(21)20(22)23/h15-18H,6-14H2,1-5H3,(H,22,23). The maximum atomic E-state index is 11.3. The Morgan fingerprint density at radius 3 is 1.48 bits per heavy atom. The maximum Gasteiger partial charge on any atom is 0.372 e. The van der Waals surface area contributed by atoms with E-state index in [2.05, 4.69) is 27.7 Å². The largest absolute Gasteiger partial charge is 0.475 e. The number of Topliss-reactive ketones (excluding diaryl/α,β-unsaturated/α-hetero) is 1. The van der Waals surface area contributed by atoms with Crippen molar-refractivity contribution >= 4 is 11.8 Å². The summed E-state index contributed by atoms with van der Waals surface area (Å²) in [6, 6.07) is 0. The van der Waals surface area contributed by atoms with E-state index in [1.165, 1.54) is 38.5 Å². The second-order valence-electron chi connectivity index (χ2n) is 7.97. The molecule has 0 aromatic heterocycles. The van der Waals surface area contributed by atoms with Crippen LogP contribution in [-0.2, 0) is 9.59 Å². The van der Waals surface area contributed by atoms with Crippen LogP contribution in [-0.4, -0.2) is 16.9 Å². The van der Waals surface area contributed by atoms with Crippen LogP contribution < -0.4 is 0 Å². The van der Waals surface area contributed by atoms with Crippen molar-refractivity contribution in [1.82, 2.24) is 0 Å². The van der Waals surface area contributed by atoms with Gasteiger partial charge in [-0.05, 0) is 24.2 Å². The first-order chi connectivity index (χ1) is 10.7. The molecule has 0 saturated carbocycles. The molecular formula is C20H38O3. The number of hydrogen-bond acceptors (Lipinski definition) is 2. The van der Waals surface area contributed by atoms with E-state index in [-0.39, 0.29) is 5.92 Å². The number of rotatable bonds is 14. The highest BCUT2D eigenvalue weighted by molar-refractivity contribution is 6.33. The molecule has 0 rings (SSSR count). The van der Waals surface area contributed by atoms with E-state index in [1.54, 1.807) is 6.92 Å². The fourth-order valence-corrected chi connectivity index (χ4v) is 3.09. The SMILES string of the molecule is CC(C)CCCC(C)CCCC(C)CCCC(C)C(=O)C(=O)O. The van der Waals surface area contributed by atoms with Gasteiger partial charge in [-0.15, -0.1) is 0 Å². The minimum atomic E-state index is -1.29. The molecule has 3 nitrogen and oxygen atoms in total. The summed E-state index contributed by atoms with van der Waals surface area (Å²) in [5, 5.41) is 8.67. The summed E-state index contributed by atoms with van der Waals surface area (Å²) in [5.41, 5.74) is 0. The van der Waals surface area contributed by atoms with Gasteiger partial charge >= 0.3 is 5.97 Å². The van der Waals surface area contributed by atoms with Gasteiger partial charge in [0.15, 0.2) is 0 Å². The van der Waals surface area contributed by atoms with Crippen LogP contribution in [0.25, 0.3) is 0 Å². The normalized spacial score (nSPS) is 15.4. The zero-order valence-electron chi connectivity index (χ0n) is 15.9. The first-order valence-electron chi connectivity index (χ1n) is 9.51. The Bertz CT molecular complexity index is 336. The van der Waals surface area contributed by atoms with Crippen molar-refractivity contribution in [2.24, 2.45) is 23.7 Å². The summed E-state index contributed by atoms with van der Waals surface area (Å²) in [6.45, 7) is 10.9. The topological polar surface area (TPSA) is 54.4 Å². The van der Waals surface area contributed by atoms with Crippen LogP contribution in [0.15, 0.2) is 0 Å². The molecule has 1 N–H and O–H groups in total. The van der Waals surface area contributed by atoms with Crippen molar-refractivity contribution in [2.45, 2.75) is 92.4 Å². The lowest BCUT2D eigenvalue weighted by atomic mass is 9.90. The highest BCUT2D eigenvalue weighted by atomic mass is 16.4. The van der Waals surface area contributed by atoms with Gasteiger partial charge < -0.3 is 5.11 Å². The lowest BCUT2D eigenvalue weighted by Gasteiger charge is -2.15. The predicted molar refractivity (Wildman–Crippen MR) is 96.5 cm³/mol. The molecule has 0 aromatic rings. The number of hydrogen-bond donors (Lipinski definition) is 1. The molecule has 3 heteroatoms. The summed E-state index contributed by atoms with van der Waals surface area (Å²) < 4.78 is 0. The summed E-state index contributed by atoms with van der Waals surface area (Å²) in [7, 11) is 0. The zero-order chi connectivity index (χ0) is 17.8. The number of carboxylic acid groups (broad SMARTS) is 1. The molecule has 0 aliphatic carbocycles. The van der Waals surface area contributed by atoms with Gasteiger partial charge in [0.25, 0.3) is 0 Å². The Morgan fingerprint density at radius 2 is 1.09 bits per heavy atom. The van der Waals surface area contributed by atoms with Crippen molar-refractivity contribution in [3.63, 3.8) is 0 Å². The highest BCUT2D eigenvalue weighted by Crippen LogP contribution is 2.22. The van der Waals surface area contributed by atoms with E-state index in [9.17, 15) is 9.59 Å². The molecular weight excluding hydrogens is 288 g/mol. The maximum absolute atomic E-state index is 11.3. The van der Waals surface area contributed by atoms with Gasteiger partial charge in [-0.1, -0.05) is 86.0 Å². The van der Waals surface area contributed by atoms with E-state index in [0.717, 1.165) is 24.7 Å². The van der Waals surface area contributed by atoms with Crippen LogP contribution >= 0.6 is 0 Å². The van der Waals surface area contributed by atoms with Gasteiger partial charge in [0.05, 0.1) is 0 Å². The molecule has 0 bridgehead atoms. The first kappa shape index (κ1) is 22.1. The van der Waals surface area contributed by atoms with Crippen molar-refractivity contribution in [3.8, 4) is 0 Å². The Kier molecular flexibility index (Phi) is 12.1. The second kappa shape index (κ2) is 12.5. The van der Waals surface area contributed by atoms with E-state index in [4.69, 9.17) is 5.11 Å². The Morgan fingerprint density at radius 1 is 0.696 bits per heavy atom. The average Bonchev–Trinajstić information content (AvgIpc) is 2.45. The summed E-state index contributed by atoms with van der Waals surface area (Å²) in [4.78, 5) is 21.9. The average molecular weight is 327 g/mol. The van der Waals surface area contributed by atoms with Crippen molar-refractivity contribution in [1.29, 1.82) is 0 Å². The van der Waals surface area contributed by atoms with E-state index >= 15 is 0 Å². The van der Waals surface area contributed by atoms with Gasteiger partial charge in [-0.25, -0.2) is 4.79 Å². The fourth-order valence-electron chi connectivity index (χ4n) is 3.09. The molecule has 0 amide bonds. The third kappa shape index (κ3) is 12.3. The Labute approximate surface area is 143 Å². The van der Waals surface area contributed by atoms with Crippen LogP contribution in [0.3, 0.4) is 0 Å². The molecule has 0 aliphatic heterocycles. The highest BCUT2D eigenvalue weighted by Gasteiger charge is 2.19. The Balaban J connectivity index is 3.65. The molecule has 0 aliphatic rings. The first-order valence-corrected chi connectivity index (χ1v) is 9.51. The molecule has 136 valence electrons. The van der Waals surface area contributed by atoms with E-state index in [0.29, 0.717) is 12.3 Å². The minimum Gasteiger partial charge on any atom is -0.475 e. The molecule has 23 heavy (non-hydrogen) atoms. The predicted octanol–water partition coefficient (Wildman–Crippen LogP) is 5.72. The third-order valence-electron chi connectivity index (χ3n) is 4.86. The lowest BCUT2D eigenvalue weighted by molar-refractivity contribution is -0.150. The van der Waals surface area contributed by atoms with Crippen molar-refractivity contribution in [3.05, 3.63) is 0 Å². The van der Waals surface area contributed by atoms with Gasteiger partial charge in [0.1, 0.15) is 0 Å². The van der Waals surface area contributed by atoms with Gasteiger partial charge in [-0.2, -0.15) is 0 Å². The summed E-state index contributed by atoms with van der Waals surface area (Å²) in [5.74, 6) is 0.0299. The quantitative estimate of drug-likeness (QED) is 0.416. The molecule has 0 spiro atoms. The van der Waals surface area contributed by atoms with Crippen LogP contribution in [0.2, 0.25) is 0 Å². The fraction of sp³-hybridized carbons (Fsp3) is 0.900. The molecule has 0 aromatic carbocycles. The molecule has 3 unspecified atom stereocenters.